The van der Waals surface area contributed by atoms with E-state index in [1.807, 2.05) is 13.0 Å². The summed E-state index contributed by atoms with van der Waals surface area (Å²) in [7, 11) is 0. The highest BCUT2D eigenvalue weighted by atomic mass is 16.1. The molecule has 16 heavy (non-hydrogen) atoms. The van der Waals surface area contributed by atoms with Crippen LogP contribution < -0.4 is 5.73 Å². The van der Waals surface area contributed by atoms with Gasteiger partial charge in [-0.3, -0.25) is 14.8 Å². The molecule has 2 heterocycles. The molecule has 80 valence electrons. The molecule has 2 aromatic rings. The van der Waals surface area contributed by atoms with E-state index in [4.69, 9.17) is 5.73 Å². The first kappa shape index (κ1) is 10.3. The number of nitrogens with two attached hydrogens (primary N) is 1. The van der Waals surface area contributed by atoms with Crippen LogP contribution in [0.2, 0.25) is 0 Å². The maximum absolute atomic E-state index is 12.1. The van der Waals surface area contributed by atoms with Gasteiger partial charge in [0.2, 0.25) is 5.78 Å². The Kier molecular flexibility index (Phi) is 2.64. The fraction of sp³-hybridized carbons (Fsp3) is 0.0833. The number of nitrogens with zero attached hydrogens (tertiary/aromatic N) is 2. The first-order valence-electron chi connectivity index (χ1n) is 4.86. The quantitative estimate of drug-likeness (QED) is 0.769. The number of anilines is 1. The molecule has 2 aromatic heterocycles. The van der Waals surface area contributed by atoms with Crippen molar-refractivity contribution in [2.45, 2.75) is 6.92 Å². The number of carbonyl (C=O) groups is 1. The van der Waals surface area contributed by atoms with Gasteiger partial charge in [0.1, 0.15) is 5.69 Å². The number of rotatable bonds is 2. The van der Waals surface area contributed by atoms with Gasteiger partial charge in [0, 0.05) is 24.3 Å². The van der Waals surface area contributed by atoms with Gasteiger partial charge in [-0.05, 0) is 24.6 Å². The Hall–Kier alpha value is -2.23. The van der Waals surface area contributed by atoms with E-state index >= 15 is 0 Å². The normalized spacial score (nSPS) is 10.1. The summed E-state index contributed by atoms with van der Waals surface area (Å²) in [5.41, 5.74) is 7.78. The van der Waals surface area contributed by atoms with Crippen LogP contribution >= 0.6 is 0 Å². The van der Waals surface area contributed by atoms with Crippen molar-refractivity contribution in [1.82, 2.24) is 9.97 Å². The molecule has 0 atom stereocenters. The maximum atomic E-state index is 12.1. The summed E-state index contributed by atoms with van der Waals surface area (Å²) in [5.74, 6) is -0.191. The highest BCUT2D eigenvalue weighted by Crippen LogP contribution is 2.15. The first-order chi connectivity index (χ1) is 7.70. The Labute approximate surface area is 93.2 Å². The molecule has 0 saturated heterocycles. The maximum Gasteiger partial charge on any atom is 0.215 e. The van der Waals surface area contributed by atoms with Crippen molar-refractivity contribution in [1.29, 1.82) is 0 Å². The van der Waals surface area contributed by atoms with Gasteiger partial charge in [-0.2, -0.15) is 0 Å². The van der Waals surface area contributed by atoms with Crippen LogP contribution in [0.1, 0.15) is 21.6 Å². The molecule has 0 radical (unpaired) electrons. The molecular formula is C12H11N3O. The minimum Gasteiger partial charge on any atom is -0.398 e. The highest BCUT2D eigenvalue weighted by molar-refractivity contribution is 6.11. The third-order valence-corrected chi connectivity index (χ3v) is 2.32. The van der Waals surface area contributed by atoms with Gasteiger partial charge in [-0.1, -0.05) is 6.07 Å². The number of hydrogen-bond acceptors (Lipinski definition) is 4. The van der Waals surface area contributed by atoms with Crippen LogP contribution in [0.4, 0.5) is 5.69 Å². The lowest BCUT2D eigenvalue weighted by Gasteiger charge is -2.05. The topological polar surface area (TPSA) is 68.9 Å². The van der Waals surface area contributed by atoms with Crippen molar-refractivity contribution in [2.24, 2.45) is 0 Å². The second-order valence-electron chi connectivity index (χ2n) is 3.46. The smallest absolute Gasteiger partial charge is 0.215 e. The molecule has 4 nitrogen and oxygen atoms in total. The zero-order chi connectivity index (χ0) is 11.5. The number of aromatic nitrogens is 2. The molecule has 0 aromatic carbocycles. The van der Waals surface area contributed by atoms with Crippen molar-refractivity contribution < 1.29 is 4.79 Å². The van der Waals surface area contributed by atoms with Crippen molar-refractivity contribution in [3.63, 3.8) is 0 Å². The molecule has 4 heteroatoms. The fourth-order valence-corrected chi connectivity index (χ4v) is 1.45. The van der Waals surface area contributed by atoms with E-state index in [0.29, 0.717) is 16.9 Å². The highest BCUT2D eigenvalue weighted by Gasteiger charge is 2.15. The third-order valence-electron chi connectivity index (χ3n) is 2.32. The fourth-order valence-electron chi connectivity index (χ4n) is 1.45. The molecule has 2 N–H and O–H groups in total. The van der Waals surface area contributed by atoms with E-state index in [2.05, 4.69) is 9.97 Å². The molecule has 0 bridgehead atoms. The predicted molar refractivity (Wildman–Crippen MR) is 61.1 cm³/mol. The van der Waals surface area contributed by atoms with Crippen molar-refractivity contribution in [3.05, 3.63) is 53.6 Å². The van der Waals surface area contributed by atoms with E-state index < -0.39 is 0 Å². The Morgan fingerprint density at radius 3 is 2.81 bits per heavy atom. The predicted octanol–water partition coefficient (Wildman–Crippen LogP) is 1.60. The van der Waals surface area contributed by atoms with E-state index in [9.17, 15) is 4.79 Å². The summed E-state index contributed by atoms with van der Waals surface area (Å²) >= 11 is 0. The van der Waals surface area contributed by atoms with Crippen LogP contribution in [-0.2, 0) is 0 Å². The van der Waals surface area contributed by atoms with E-state index in [0.717, 1.165) is 5.56 Å². The van der Waals surface area contributed by atoms with Gasteiger partial charge in [0.05, 0.1) is 5.56 Å². The number of pyridine rings is 2. The van der Waals surface area contributed by atoms with Gasteiger partial charge in [-0.25, -0.2) is 0 Å². The van der Waals surface area contributed by atoms with Crippen LogP contribution in [0.15, 0.2) is 36.8 Å². The van der Waals surface area contributed by atoms with Crippen LogP contribution in [0.25, 0.3) is 0 Å². The summed E-state index contributed by atoms with van der Waals surface area (Å²) in [6.07, 6.45) is 4.61. The molecule has 0 aliphatic carbocycles. The zero-order valence-corrected chi connectivity index (χ0v) is 8.84. The van der Waals surface area contributed by atoms with Crippen molar-refractivity contribution in [2.75, 3.05) is 5.73 Å². The van der Waals surface area contributed by atoms with Gasteiger partial charge in [0.15, 0.2) is 0 Å². The molecule has 0 fully saturated rings. The minimum atomic E-state index is -0.191. The molecule has 0 spiro atoms. The van der Waals surface area contributed by atoms with Gasteiger partial charge in [0.25, 0.3) is 0 Å². The third kappa shape index (κ3) is 1.77. The lowest BCUT2D eigenvalue weighted by atomic mass is 10.1. The average molecular weight is 213 g/mol. The molecule has 0 aliphatic heterocycles. The number of ketones is 1. The second kappa shape index (κ2) is 4.10. The molecule has 2 rings (SSSR count). The molecule has 0 saturated carbocycles. The summed E-state index contributed by atoms with van der Waals surface area (Å²) in [6, 6.07) is 5.23. The Morgan fingerprint density at radius 1 is 1.31 bits per heavy atom. The molecule has 0 unspecified atom stereocenters. The Balaban J connectivity index is 2.48. The van der Waals surface area contributed by atoms with Crippen molar-refractivity contribution >= 4 is 11.5 Å². The number of hydrogen-bond donors (Lipinski definition) is 1. The van der Waals surface area contributed by atoms with Gasteiger partial charge < -0.3 is 5.73 Å². The average Bonchev–Trinajstić information content (AvgIpc) is 2.29. The van der Waals surface area contributed by atoms with Crippen LogP contribution in [0, 0.1) is 6.92 Å². The number of carbonyl (C=O) groups excluding carboxylic acids is 1. The van der Waals surface area contributed by atoms with Crippen molar-refractivity contribution in [3.8, 4) is 0 Å². The molecule has 0 amide bonds. The minimum absolute atomic E-state index is 0.191. The lowest BCUT2D eigenvalue weighted by Crippen LogP contribution is -2.09. The standard InChI is InChI=1S/C12H11N3O/c1-8-3-2-5-15-11(8)12(16)9-7-14-6-4-10(9)13/h2-7H,1H3,(H2,13,14). The lowest BCUT2D eigenvalue weighted by molar-refractivity contribution is 0.103. The van der Waals surface area contributed by atoms with E-state index in [1.54, 1.807) is 24.5 Å². The zero-order valence-electron chi connectivity index (χ0n) is 8.84. The Bertz CT molecular complexity index is 490. The van der Waals surface area contributed by atoms with Crippen LogP contribution in [0.5, 0.6) is 0 Å². The van der Waals surface area contributed by atoms with E-state index in [-0.39, 0.29) is 5.78 Å². The van der Waals surface area contributed by atoms with Gasteiger partial charge in [-0.15, -0.1) is 0 Å². The summed E-state index contributed by atoms with van der Waals surface area (Å²) in [6.45, 7) is 1.84. The number of aryl methyl sites for hydroxylation is 1. The summed E-state index contributed by atoms with van der Waals surface area (Å²) in [5, 5.41) is 0. The SMILES string of the molecule is Cc1cccnc1C(=O)c1cnccc1N. The van der Waals surface area contributed by atoms with Gasteiger partial charge >= 0.3 is 0 Å². The van der Waals surface area contributed by atoms with Crippen LogP contribution in [0.3, 0.4) is 0 Å². The summed E-state index contributed by atoms with van der Waals surface area (Å²) < 4.78 is 0. The summed E-state index contributed by atoms with van der Waals surface area (Å²) in [4.78, 5) is 20.1. The monoisotopic (exact) mass is 213 g/mol. The largest absolute Gasteiger partial charge is 0.398 e. The molecule has 0 aliphatic rings. The molecular weight excluding hydrogens is 202 g/mol. The van der Waals surface area contributed by atoms with E-state index in [1.165, 1.54) is 6.20 Å². The second-order valence-corrected chi connectivity index (χ2v) is 3.46. The Morgan fingerprint density at radius 2 is 2.12 bits per heavy atom. The van der Waals surface area contributed by atoms with Crippen LogP contribution in [-0.4, -0.2) is 15.8 Å². The first-order valence-corrected chi connectivity index (χ1v) is 4.86. The number of nitrogen functional groups attached to an aromatic ring is 1.